The SMILES string of the molecule is CC(C(=O)O)N(C(=O)C1CCN(C(=O)N(C)Cc2ccccc2)CC1)C1CC1. The summed E-state index contributed by atoms with van der Waals surface area (Å²) in [6.45, 7) is 3.17. The van der Waals surface area contributed by atoms with E-state index in [0.29, 0.717) is 32.5 Å². The molecule has 1 heterocycles. The summed E-state index contributed by atoms with van der Waals surface area (Å²) < 4.78 is 0. The van der Waals surface area contributed by atoms with Crippen molar-refractivity contribution in [1.82, 2.24) is 14.7 Å². The molecular weight excluding hydrogens is 358 g/mol. The number of hydrogen-bond donors (Lipinski definition) is 1. The molecule has 1 unspecified atom stereocenters. The number of amides is 3. The summed E-state index contributed by atoms with van der Waals surface area (Å²) in [7, 11) is 1.79. The Morgan fingerprint density at radius 1 is 1.11 bits per heavy atom. The highest BCUT2D eigenvalue weighted by molar-refractivity contribution is 5.85. The van der Waals surface area contributed by atoms with Crippen molar-refractivity contribution < 1.29 is 19.5 Å². The van der Waals surface area contributed by atoms with Crippen LogP contribution in [0.4, 0.5) is 4.79 Å². The van der Waals surface area contributed by atoms with Crippen LogP contribution in [0.1, 0.15) is 38.2 Å². The third-order valence-electron chi connectivity index (χ3n) is 5.67. The first kappa shape index (κ1) is 20.2. The van der Waals surface area contributed by atoms with Gasteiger partial charge in [-0.3, -0.25) is 4.79 Å². The molecule has 7 nitrogen and oxygen atoms in total. The number of benzene rings is 1. The fraction of sp³-hybridized carbons (Fsp3) is 0.571. The lowest BCUT2D eigenvalue weighted by Gasteiger charge is -2.37. The molecule has 1 aromatic rings. The molecule has 0 bridgehead atoms. The number of hydrogen-bond acceptors (Lipinski definition) is 3. The number of carbonyl (C=O) groups is 3. The maximum Gasteiger partial charge on any atom is 0.326 e. The second-order valence-corrected chi connectivity index (χ2v) is 7.88. The van der Waals surface area contributed by atoms with Gasteiger partial charge in [0.25, 0.3) is 0 Å². The Hall–Kier alpha value is -2.57. The van der Waals surface area contributed by atoms with Crippen molar-refractivity contribution in [2.24, 2.45) is 5.92 Å². The number of carboxylic acids is 1. The zero-order valence-corrected chi connectivity index (χ0v) is 16.6. The summed E-state index contributed by atoms with van der Waals surface area (Å²) in [5.74, 6) is -1.23. The summed E-state index contributed by atoms with van der Waals surface area (Å²) in [4.78, 5) is 42.1. The Kier molecular flexibility index (Phi) is 6.21. The first-order valence-corrected chi connectivity index (χ1v) is 9.97. The summed E-state index contributed by atoms with van der Waals surface area (Å²) in [5, 5.41) is 9.32. The lowest BCUT2D eigenvalue weighted by Crippen LogP contribution is -2.51. The van der Waals surface area contributed by atoms with Gasteiger partial charge in [0, 0.05) is 38.6 Å². The first-order chi connectivity index (χ1) is 13.4. The standard InChI is InChI=1S/C21H29N3O4/c1-15(20(26)27)24(18-8-9-18)19(25)17-10-12-23(13-11-17)21(28)22(2)14-16-6-4-3-5-7-16/h3-7,15,17-18H,8-14H2,1-2H3,(H,26,27). The molecule has 1 atom stereocenters. The molecule has 1 saturated heterocycles. The molecule has 1 N–H and O–H groups in total. The van der Waals surface area contributed by atoms with Gasteiger partial charge in [-0.25, -0.2) is 9.59 Å². The monoisotopic (exact) mass is 387 g/mol. The number of rotatable bonds is 6. The number of carbonyl (C=O) groups excluding carboxylic acids is 2. The van der Waals surface area contributed by atoms with E-state index >= 15 is 0 Å². The van der Waals surface area contributed by atoms with E-state index in [0.717, 1.165) is 18.4 Å². The Morgan fingerprint density at radius 2 is 1.71 bits per heavy atom. The molecule has 28 heavy (non-hydrogen) atoms. The number of nitrogens with zero attached hydrogens (tertiary/aromatic N) is 3. The van der Waals surface area contributed by atoms with E-state index in [1.54, 1.807) is 28.7 Å². The van der Waals surface area contributed by atoms with Crippen molar-refractivity contribution in [2.75, 3.05) is 20.1 Å². The van der Waals surface area contributed by atoms with Crippen LogP contribution in [0.5, 0.6) is 0 Å². The van der Waals surface area contributed by atoms with Crippen molar-refractivity contribution in [1.29, 1.82) is 0 Å². The van der Waals surface area contributed by atoms with Crippen LogP contribution < -0.4 is 0 Å². The summed E-state index contributed by atoms with van der Waals surface area (Å²) >= 11 is 0. The normalized spacial score (nSPS) is 18.4. The zero-order valence-electron chi connectivity index (χ0n) is 16.6. The van der Waals surface area contributed by atoms with Crippen molar-refractivity contribution in [2.45, 2.75) is 51.2 Å². The Bertz CT molecular complexity index is 712. The van der Waals surface area contributed by atoms with Crippen LogP contribution in [0.25, 0.3) is 0 Å². The highest BCUT2D eigenvalue weighted by atomic mass is 16.4. The summed E-state index contributed by atoms with van der Waals surface area (Å²) in [6.07, 6.45) is 2.93. The van der Waals surface area contributed by atoms with E-state index in [9.17, 15) is 19.5 Å². The van der Waals surface area contributed by atoms with Gasteiger partial charge >= 0.3 is 12.0 Å². The van der Waals surface area contributed by atoms with Crippen LogP contribution in [0, 0.1) is 5.92 Å². The van der Waals surface area contributed by atoms with Crippen LogP contribution in [-0.4, -0.2) is 69.9 Å². The highest BCUT2D eigenvalue weighted by Crippen LogP contribution is 2.32. The largest absolute Gasteiger partial charge is 0.480 e. The molecule has 7 heteroatoms. The summed E-state index contributed by atoms with van der Waals surface area (Å²) in [6, 6.07) is 9.07. The highest BCUT2D eigenvalue weighted by Gasteiger charge is 2.41. The van der Waals surface area contributed by atoms with Gasteiger partial charge in [0.1, 0.15) is 6.04 Å². The number of piperidine rings is 1. The van der Waals surface area contributed by atoms with Gasteiger partial charge in [-0.1, -0.05) is 30.3 Å². The van der Waals surface area contributed by atoms with E-state index in [-0.39, 0.29) is 23.9 Å². The van der Waals surface area contributed by atoms with E-state index < -0.39 is 12.0 Å². The molecule has 1 aliphatic carbocycles. The molecule has 0 radical (unpaired) electrons. The lowest BCUT2D eigenvalue weighted by atomic mass is 9.94. The van der Waals surface area contributed by atoms with Crippen LogP contribution in [0.15, 0.2) is 30.3 Å². The molecule has 0 spiro atoms. The van der Waals surface area contributed by atoms with Crippen LogP contribution >= 0.6 is 0 Å². The van der Waals surface area contributed by atoms with Gasteiger partial charge in [-0.05, 0) is 38.2 Å². The molecule has 152 valence electrons. The molecule has 2 fully saturated rings. The minimum absolute atomic E-state index is 0.0345. The molecule has 2 aliphatic rings. The predicted octanol–water partition coefficient (Wildman–Crippen LogP) is 2.41. The third kappa shape index (κ3) is 4.64. The van der Waals surface area contributed by atoms with Crippen LogP contribution in [0.2, 0.25) is 0 Å². The number of urea groups is 1. The average Bonchev–Trinajstić information content (AvgIpc) is 3.53. The third-order valence-corrected chi connectivity index (χ3v) is 5.67. The van der Waals surface area contributed by atoms with E-state index in [1.807, 2.05) is 30.3 Å². The van der Waals surface area contributed by atoms with Crippen molar-refractivity contribution in [3.8, 4) is 0 Å². The minimum atomic E-state index is -0.963. The van der Waals surface area contributed by atoms with Crippen molar-refractivity contribution in [3.05, 3.63) is 35.9 Å². The summed E-state index contributed by atoms with van der Waals surface area (Å²) in [5.41, 5.74) is 1.08. The van der Waals surface area contributed by atoms with E-state index in [4.69, 9.17) is 0 Å². The van der Waals surface area contributed by atoms with E-state index in [1.165, 1.54) is 0 Å². The lowest BCUT2D eigenvalue weighted by molar-refractivity contribution is -0.152. The molecule has 0 aromatic heterocycles. The first-order valence-electron chi connectivity index (χ1n) is 9.97. The average molecular weight is 387 g/mol. The molecule has 1 aromatic carbocycles. The second-order valence-electron chi connectivity index (χ2n) is 7.88. The molecular formula is C21H29N3O4. The Morgan fingerprint density at radius 3 is 2.25 bits per heavy atom. The molecule has 3 rings (SSSR count). The van der Waals surface area contributed by atoms with Gasteiger partial charge in [0.05, 0.1) is 0 Å². The van der Waals surface area contributed by atoms with Gasteiger partial charge < -0.3 is 19.8 Å². The zero-order chi connectivity index (χ0) is 20.3. The Labute approximate surface area is 165 Å². The number of likely N-dealkylation sites (tertiary alicyclic amines) is 1. The molecule has 1 saturated carbocycles. The molecule has 1 aliphatic heterocycles. The number of carboxylic acid groups (broad SMARTS) is 1. The fourth-order valence-corrected chi connectivity index (χ4v) is 3.85. The van der Waals surface area contributed by atoms with E-state index in [2.05, 4.69) is 0 Å². The predicted molar refractivity (Wildman–Crippen MR) is 105 cm³/mol. The fourth-order valence-electron chi connectivity index (χ4n) is 3.85. The second kappa shape index (κ2) is 8.63. The van der Waals surface area contributed by atoms with Crippen LogP contribution in [0.3, 0.4) is 0 Å². The van der Waals surface area contributed by atoms with Crippen molar-refractivity contribution in [3.63, 3.8) is 0 Å². The minimum Gasteiger partial charge on any atom is -0.480 e. The smallest absolute Gasteiger partial charge is 0.326 e. The maximum atomic E-state index is 12.9. The van der Waals surface area contributed by atoms with Gasteiger partial charge in [-0.15, -0.1) is 0 Å². The molecule has 3 amide bonds. The Balaban J connectivity index is 1.54. The number of aliphatic carboxylic acids is 1. The topological polar surface area (TPSA) is 81.2 Å². The van der Waals surface area contributed by atoms with Crippen LogP contribution in [-0.2, 0) is 16.1 Å². The van der Waals surface area contributed by atoms with Gasteiger partial charge in [0.2, 0.25) is 5.91 Å². The van der Waals surface area contributed by atoms with Gasteiger partial charge in [0.15, 0.2) is 0 Å². The maximum absolute atomic E-state index is 12.9. The van der Waals surface area contributed by atoms with Gasteiger partial charge in [-0.2, -0.15) is 0 Å². The van der Waals surface area contributed by atoms with Crippen molar-refractivity contribution >= 4 is 17.9 Å². The quantitative estimate of drug-likeness (QED) is 0.813.